The van der Waals surface area contributed by atoms with Crippen LogP contribution in [0.25, 0.3) is 0 Å². The fourth-order valence-corrected chi connectivity index (χ4v) is 2.22. The molecule has 0 atom stereocenters. The first-order chi connectivity index (χ1) is 10.7. The summed E-state index contributed by atoms with van der Waals surface area (Å²) in [5, 5.41) is 6.70. The summed E-state index contributed by atoms with van der Waals surface area (Å²) in [6.45, 7) is 6.79. The third kappa shape index (κ3) is 8.98. The van der Waals surface area contributed by atoms with Crippen LogP contribution in [0.3, 0.4) is 0 Å². The molecule has 5 nitrogen and oxygen atoms in total. The Bertz CT molecular complexity index is 448. The molecule has 0 aromatic carbocycles. The number of halogens is 1. The van der Waals surface area contributed by atoms with Crippen molar-refractivity contribution in [1.82, 2.24) is 15.6 Å². The molecule has 132 valence electrons. The van der Waals surface area contributed by atoms with Crippen molar-refractivity contribution >= 4 is 35.8 Å². The van der Waals surface area contributed by atoms with Crippen molar-refractivity contribution in [2.24, 2.45) is 4.99 Å². The van der Waals surface area contributed by atoms with Gasteiger partial charge in [0, 0.05) is 38.9 Å². The number of hydrogen-bond donors (Lipinski definition) is 2. The van der Waals surface area contributed by atoms with Crippen LogP contribution in [-0.2, 0) is 6.54 Å². The second kappa shape index (κ2) is 13.4. The van der Waals surface area contributed by atoms with Crippen molar-refractivity contribution in [3.8, 4) is 0 Å². The average molecular weight is 433 g/mol. The second-order valence-electron chi connectivity index (χ2n) is 5.56. The molecule has 2 N–H and O–H groups in total. The van der Waals surface area contributed by atoms with E-state index in [9.17, 15) is 0 Å². The Labute approximate surface area is 158 Å². The van der Waals surface area contributed by atoms with Gasteiger partial charge in [-0.2, -0.15) is 0 Å². The number of rotatable bonds is 9. The summed E-state index contributed by atoms with van der Waals surface area (Å²) in [4.78, 5) is 11.1. The number of aromatic nitrogens is 1. The molecule has 0 aliphatic carbocycles. The van der Waals surface area contributed by atoms with Gasteiger partial charge in [-0.3, -0.25) is 0 Å². The Morgan fingerprint density at radius 1 is 1.17 bits per heavy atom. The molecule has 1 heterocycles. The SMILES string of the molecule is CCCCCCNC(=NCc1cccnc1N(C)C)NCC.I. The predicted octanol–water partition coefficient (Wildman–Crippen LogP) is 3.40. The van der Waals surface area contributed by atoms with Crippen LogP contribution in [0.15, 0.2) is 23.3 Å². The fourth-order valence-electron chi connectivity index (χ4n) is 2.22. The molecular weight excluding hydrogens is 401 g/mol. The van der Waals surface area contributed by atoms with Gasteiger partial charge in [0.25, 0.3) is 0 Å². The number of nitrogens with one attached hydrogen (secondary N) is 2. The molecule has 0 aliphatic heterocycles. The minimum absolute atomic E-state index is 0. The van der Waals surface area contributed by atoms with E-state index in [1.165, 1.54) is 25.7 Å². The van der Waals surface area contributed by atoms with Crippen LogP contribution < -0.4 is 15.5 Å². The summed E-state index contributed by atoms with van der Waals surface area (Å²) >= 11 is 0. The highest BCUT2D eigenvalue weighted by molar-refractivity contribution is 14.0. The Hall–Kier alpha value is -1.05. The van der Waals surface area contributed by atoms with Crippen molar-refractivity contribution in [3.63, 3.8) is 0 Å². The molecule has 0 radical (unpaired) electrons. The molecule has 0 unspecified atom stereocenters. The number of pyridine rings is 1. The summed E-state index contributed by atoms with van der Waals surface area (Å²) in [5.41, 5.74) is 1.13. The van der Waals surface area contributed by atoms with Crippen molar-refractivity contribution < 1.29 is 0 Å². The highest BCUT2D eigenvalue weighted by Crippen LogP contribution is 2.15. The van der Waals surface area contributed by atoms with Gasteiger partial charge in [0.1, 0.15) is 5.82 Å². The first-order valence-corrected chi connectivity index (χ1v) is 8.32. The first-order valence-electron chi connectivity index (χ1n) is 8.32. The third-order valence-corrected chi connectivity index (χ3v) is 3.37. The van der Waals surface area contributed by atoms with Gasteiger partial charge in [0.2, 0.25) is 0 Å². The molecule has 0 saturated heterocycles. The number of nitrogens with zero attached hydrogens (tertiary/aromatic N) is 3. The predicted molar refractivity (Wildman–Crippen MR) is 111 cm³/mol. The maximum Gasteiger partial charge on any atom is 0.191 e. The van der Waals surface area contributed by atoms with E-state index in [2.05, 4.69) is 40.5 Å². The fraction of sp³-hybridized carbons (Fsp3) is 0.647. The molecule has 1 aromatic rings. The van der Waals surface area contributed by atoms with Crippen LogP contribution in [0.1, 0.15) is 45.1 Å². The maximum absolute atomic E-state index is 4.67. The molecule has 0 saturated carbocycles. The summed E-state index contributed by atoms with van der Waals surface area (Å²) in [7, 11) is 4.01. The van der Waals surface area contributed by atoms with Gasteiger partial charge in [0.15, 0.2) is 5.96 Å². The number of hydrogen-bond acceptors (Lipinski definition) is 3. The summed E-state index contributed by atoms with van der Waals surface area (Å²) in [6.07, 6.45) is 6.85. The third-order valence-electron chi connectivity index (χ3n) is 3.37. The van der Waals surface area contributed by atoms with Crippen LogP contribution in [0.5, 0.6) is 0 Å². The zero-order valence-corrected chi connectivity index (χ0v) is 17.3. The van der Waals surface area contributed by atoms with Crippen LogP contribution in [0.2, 0.25) is 0 Å². The lowest BCUT2D eigenvalue weighted by molar-refractivity contribution is 0.647. The molecule has 0 spiro atoms. The Balaban J connectivity index is 0.00000484. The molecule has 0 bridgehead atoms. The maximum atomic E-state index is 4.67. The molecule has 0 aliphatic rings. The molecule has 6 heteroatoms. The van der Waals surface area contributed by atoms with Gasteiger partial charge in [-0.15, -0.1) is 24.0 Å². The molecule has 1 rings (SSSR count). The standard InChI is InChI=1S/C17H31N5.HI/c1-5-7-8-9-12-20-17(18-6-2)21-14-15-11-10-13-19-16(15)22(3)4;/h10-11,13H,5-9,12,14H2,1-4H3,(H2,18,20,21);1H. The van der Waals surface area contributed by atoms with Gasteiger partial charge in [0.05, 0.1) is 6.54 Å². The highest BCUT2D eigenvalue weighted by Gasteiger charge is 2.05. The first kappa shape index (κ1) is 21.9. The Morgan fingerprint density at radius 2 is 1.96 bits per heavy atom. The van der Waals surface area contributed by atoms with Crippen LogP contribution in [-0.4, -0.2) is 38.1 Å². The van der Waals surface area contributed by atoms with Crippen LogP contribution in [0.4, 0.5) is 5.82 Å². The topological polar surface area (TPSA) is 52.6 Å². The molecule has 1 aromatic heterocycles. The zero-order valence-electron chi connectivity index (χ0n) is 14.9. The molecule has 23 heavy (non-hydrogen) atoms. The number of guanidine groups is 1. The lowest BCUT2D eigenvalue weighted by atomic mass is 10.2. The average Bonchev–Trinajstić information content (AvgIpc) is 2.52. The highest BCUT2D eigenvalue weighted by atomic mass is 127. The number of unbranched alkanes of at least 4 members (excludes halogenated alkanes) is 3. The number of anilines is 1. The van der Waals surface area contributed by atoms with E-state index >= 15 is 0 Å². The van der Waals surface area contributed by atoms with Crippen molar-refractivity contribution in [3.05, 3.63) is 23.9 Å². The molecule has 0 fully saturated rings. The zero-order chi connectivity index (χ0) is 16.2. The largest absolute Gasteiger partial charge is 0.362 e. The van der Waals surface area contributed by atoms with E-state index in [0.29, 0.717) is 6.54 Å². The minimum atomic E-state index is 0. The van der Waals surface area contributed by atoms with Gasteiger partial charge >= 0.3 is 0 Å². The number of aliphatic imine (C=N–C) groups is 1. The van der Waals surface area contributed by atoms with Crippen molar-refractivity contribution in [1.29, 1.82) is 0 Å². The molecule has 0 amide bonds. The van der Waals surface area contributed by atoms with E-state index in [0.717, 1.165) is 30.4 Å². The minimum Gasteiger partial charge on any atom is -0.362 e. The Morgan fingerprint density at radius 3 is 2.61 bits per heavy atom. The monoisotopic (exact) mass is 433 g/mol. The summed E-state index contributed by atoms with van der Waals surface area (Å²) in [5.74, 6) is 1.86. The smallest absolute Gasteiger partial charge is 0.191 e. The van der Waals surface area contributed by atoms with Gasteiger partial charge in [-0.25, -0.2) is 9.98 Å². The quantitative estimate of drug-likeness (QED) is 0.271. The van der Waals surface area contributed by atoms with E-state index in [1.807, 2.05) is 31.3 Å². The Kier molecular flexibility index (Phi) is 12.8. The summed E-state index contributed by atoms with van der Waals surface area (Å²) in [6, 6.07) is 4.04. The van der Waals surface area contributed by atoms with E-state index in [1.54, 1.807) is 0 Å². The van der Waals surface area contributed by atoms with E-state index < -0.39 is 0 Å². The molecular formula is C17H32IN5. The van der Waals surface area contributed by atoms with Crippen molar-refractivity contribution in [2.75, 3.05) is 32.1 Å². The van der Waals surface area contributed by atoms with E-state index in [-0.39, 0.29) is 24.0 Å². The van der Waals surface area contributed by atoms with Gasteiger partial charge < -0.3 is 15.5 Å². The van der Waals surface area contributed by atoms with E-state index in [4.69, 9.17) is 0 Å². The van der Waals surface area contributed by atoms with Crippen LogP contribution >= 0.6 is 24.0 Å². The van der Waals surface area contributed by atoms with Gasteiger partial charge in [-0.05, 0) is 19.4 Å². The normalized spacial score (nSPS) is 10.9. The lowest BCUT2D eigenvalue weighted by Crippen LogP contribution is -2.37. The summed E-state index contributed by atoms with van der Waals surface area (Å²) < 4.78 is 0. The van der Waals surface area contributed by atoms with Crippen LogP contribution in [0, 0.1) is 0 Å². The lowest BCUT2D eigenvalue weighted by Gasteiger charge is -2.15. The van der Waals surface area contributed by atoms with Gasteiger partial charge in [-0.1, -0.05) is 32.3 Å². The second-order valence-corrected chi connectivity index (χ2v) is 5.56. The van der Waals surface area contributed by atoms with Crippen molar-refractivity contribution in [2.45, 2.75) is 46.1 Å².